The molecule has 0 spiro atoms. The van der Waals surface area contributed by atoms with E-state index in [9.17, 15) is 19.2 Å². The predicted octanol–water partition coefficient (Wildman–Crippen LogP) is 2.87. The van der Waals surface area contributed by atoms with Gasteiger partial charge in [0.15, 0.2) is 5.58 Å². The van der Waals surface area contributed by atoms with Gasteiger partial charge in [0.1, 0.15) is 17.6 Å². The molecule has 0 radical (unpaired) electrons. The minimum absolute atomic E-state index is 0.0422. The van der Waals surface area contributed by atoms with Crippen LogP contribution in [0, 0.1) is 28.6 Å². The van der Waals surface area contributed by atoms with E-state index in [4.69, 9.17) is 10.2 Å². The van der Waals surface area contributed by atoms with Crippen LogP contribution >= 0.6 is 0 Å². The highest BCUT2D eigenvalue weighted by Gasteiger charge is 2.69. The zero-order valence-corrected chi connectivity index (χ0v) is 23.3. The van der Waals surface area contributed by atoms with E-state index in [1.54, 1.807) is 4.90 Å². The van der Waals surface area contributed by atoms with Crippen molar-refractivity contribution in [2.45, 2.75) is 78.4 Å². The van der Waals surface area contributed by atoms with Gasteiger partial charge < -0.3 is 25.7 Å². The van der Waals surface area contributed by atoms with Crippen molar-refractivity contribution >= 4 is 40.6 Å². The number of Topliss-reactive ketones (excluding diaryl/α,β-unsaturated/α-hetero) is 1. The van der Waals surface area contributed by atoms with Crippen LogP contribution in [0.3, 0.4) is 0 Å². The maximum Gasteiger partial charge on any atom is 0.296 e. The number of oxazole rings is 1. The van der Waals surface area contributed by atoms with E-state index in [2.05, 4.69) is 29.5 Å². The quantitative estimate of drug-likeness (QED) is 0.417. The maximum atomic E-state index is 14.1. The highest BCUT2D eigenvalue weighted by Crippen LogP contribution is 2.65. The number of anilines is 1. The molecule has 2 saturated carbocycles. The van der Waals surface area contributed by atoms with Crippen molar-refractivity contribution in [2.75, 3.05) is 11.9 Å². The molecule has 3 unspecified atom stereocenters. The number of hydrogen-bond acceptors (Lipinski definition) is 7. The SMILES string of the molecule is CC1(C)C2CN(C(=O)[C@@H](Nc3nc4ccccc4o3)C(C)(C)C)[C@H](C(=O)NC(CC3CCC3)C(=O)C(N)=O)C21. The van der Waals surface area contributed by atoms with Gasteiger partial charge in [-0.3, -0.25) is 19.2 Å². The third-order valence-corrected chi connectivity index (χ3v) is 9.10. The number of piperidine rings is 1. The zero-order valence-electron chi connectivity index (χ0n) is 23.3. The van der Waals surface area contributed by atoms with E-state index in [0.29, 0.717) is 24.1 Å². The molecule has 210 valence electrons. The standard InChI is InChI=1S/C29H39N5O5/c1-28(2,3)23(33-27-32-17-11-6-7-12-19(17)39-27)26(38)34-14-16-20(29(16,4)5)21(34)25(37)31-18(22(35)24(30)36)13-15-9-8-10-15/h6-7,11-12,15-16,18,20-21,23H,8-10,13-14H2,1-5H3,(H2,30,36)(H,31,37)(H,32,33)/t16?,18?,20?,21-,23+/m0/s1. The second-order valence-corrected chi connectivity index (χ2v) is 13.1. The smallest absolute Gasteiger partial charge is 0.296 e. The molecular weight excluding hydrogens is 498 g/mol. The lowest BCUT2D eigenvalue weighted by molar-refractivity contribution is -0.144. The molecule has 5 atom stereocenters. The molecule has 0 bridgehead atoms. The second kappa shape index (κ2) is 9.64. The molecule has 3 fully saturated rings. The van der Waals surface area contributed by atoms with Gasteiger partial charge in [-0.25, -0.2) is 0 Å². The first-order chi connectivity index (χ1) is 18.3. The monoisotopic (exact) mass is 537 g/mol. The number of carbonyl (C=O) groups is 4. The number of amides is 3. The Balaban J connectivity index is 1.39. The van der Waals surface area contributed by atoms with Crippen LogP contribution in [0.1, 0.15) is 60.3 Å². The van der Waals surface area contributed by atoms with Crippen LogP contribution in [0.4, 0.5) is 6.01 Å². The first kappa shape index (κ1) is 27.1. The van der Waals surface area contributed by atoms with Crippen molar-refractivity contribution < 1.29 is 23.6 Å². The average molecular weight is 538 g/mol. The molecule has 2 aromatic rings. The van der Waals surface area contributed by atoms with E-state index in [1.807, 2.05) is 45.0 Å². The Hall–Kier alpha value is -3.43. The molecule has 1 aromatic heterocycles. The highest BCUT2D eigenvalue weighted by atomic mass is 16.4. The summed E-state index contributed by atoms with van der Waals surface area (Å²) in [6.45, 7) is 10.5. The lowest BCUT2D eigenvalue weighted by Crippen LogP contribution is -2.58. The molecule has 3 aliphatic rings. The van der Waals surface area contributed by atoms with Gasteiger partial charge in [0.25, 0.3) is 11.9 Å². The number of fused-ring (bicyclic) bond motifs is 2. The molecule has 5 rings (SSSR count). The zero-order chi connectivity index (χ0) is 28.3. The van der Waals surface area contributed by atoms with Gasteiger partial charge in [0.05, 0.1) is 6.04 Å². The molecule has 2 aliphatic carbocycles. The summed E-state index contributed by atoms with van der Waals surface area (Å²) >= 11 is 0. The third kappa shape index (κ3) is 5.01. The summed E-state index contributed by atoms with van der Waals surface area (Å²) < 4.78 is 5.84. The van der Waals surface area contributed by atoms with E-state index < -0.39 is 41.1 Å². The number of hydrogen-bond donors (Lipinski definition) is 3. The number of aromatic nitrogens is 1. The van der Waals surface area contributed by atoms with Crippen LogP contribution in [-0.2, 0) is 19.2 Å². The molecule has 10 heteroatoms. The fraction of sp³-hybridized carbons (Fsp3) is 0.621. The van der Waals surface area contributed by atoms with Gasteiger partial charge in [0, 0.05) is 6.54 Å². The number of rotatable bonds is 9. The number of nitrogens with two attached hydrogens (primary N) is 1. The second-order valence-electron chi connectivity index (χ2n) is 13.1. The van der Waals surface area contributed by atoms with Gasteiger partial charge in [-0.15, -0.1) is 0 Å². The number of nitrogens with one attached hydrogen (secondary N) is 2. The molecular formula is C29H39N5O5. The maximum absolute atomic E-state index is 14.1. The molecule has 1 aliphatic heterocycles. The summed E-state index contributed by atoms with van der Waals surface area (Å²) in [5, 5.41) is 6.02. The first-order valence-corrected chi connectivity index (χ1v) is 13.9. The minimum Gasteiger partial charge on any atom is -0.424 e. The first-order valence-electron chi connectivity index (χ1n) is 13.9. The number of primary amides is 1. The Morgan fingerprint density at radius 1 is 1.18 bits per heavy atom. The fourth-order valence-corrected chi connectivity index (χ4v) is 6.41. The summed E-state index contributed by atoms with van der Waals surface area (Å²) in [5.41, 5.74) is 5.96. The number of likely N-dealkylation sites (tertiary alicyclic amines) is 1. The van der Waals surface area contributed by atoms with Gasteiger partial charge >= 0.3 is 0 Å². The summed E-state index contributed by atoms with van der Waals surface area (Å²) in [6, 6.07) is 5.15. The average Bonchev–Trinajstić information content (AvgIpc) is 3.19. The summed E-state index contributed by atoms with van der Waals surface area (Å²) in [4.78, 5) is 58.4. The highest BCUT2D eigenvalue weighted by molar-refractivity contribution is 6.37. The number of para-hydroxylation sites is 2. The van der Waals surface area contributed by atoms with Crippen molar-refractivity contribution in [2.24, 2.45) is 34.3 Å². The predicted molar refractivity (Wildman–Crippen MR) is 145 cm³/mol. The van der Waals surface area contributed by atoms with E-state index in [1.165, 1.54) is 0 Å². The normalized spacial score (nSPS) is 25.4. The van der Waals surface area contributed by atoms with Gasteiger partial charge in [-0.1, -0.05) is 66.0 Å². The van der Waals surface area contributed by atoms with Gasteiger partial charge in [-0.05, 0) is 47.1 Å². The van der Waals surface area contributed by atoms with Crippen molar-refractivity contribution in [3.63, 3.8) is 0 Å². The molecule has 4 N–H and O–H groups in total. The van der Waals surface area contributed by atoms with Gasteiger partial charge in [-0.2, -0.15) is 4.98 Å². The van der Waals surface area contributed by atoms with Crippen molar-refractivity contribution in [1.82, 2.24) is 15.2 Å². The largest absolute Gasteiger partial charge is 0.424 e. The fourth-order valence-electron chi connectivity index (χ4n) is 6.41. The molecule has 1 aromatic carbocycles. The Labute approximate surface area is 228 Å². The molecule has 1 saturated heterocycles. The summed E-state index contributed by atoms with van der Waals surface area (Å²) in [7, 11) is 0. The molecule has 10 nitrogen and oxygen atoms in total. The van der Waals surface area contributed by atoms with Crippen LogP contribution in [0.5, 0.6) is 0 Å². The number of benzene rings is 1. The van der Waals surface area contributed by atoms with E-state index in [0.717, 1.165) is 19.3 Å². The Morgan fingerprint density at radius 3 is 2.46 bits per heavy atom. The minimum atomic E-state index is -1.06. The Morgan fingerprint density at radius 2 is 1.87 bits per heavy atom. The van der Waals surface area contributed by atoms with Crippen LogP contribution in [0.2, 0.25) is 0 Å². The van der Waals surface area contributed by atoms with Crippen LogP contribution < -0.4 is 16.4 Å². The lowest BCUT2D eigenvalue weighted by atomic mass is 9.80. The number of carbonyl (C=O) groups excluding carboxylic acids is 4. The summed E-state index contributed by atoms with van der Waals surface area (Å²) in [5.74, 6) is -2.09. The van der Waals surface area contributed by atoms with Crippen molar-refractivity contribution in [3.05, 3.63) is 24.3 Å². The Kier molecular flexibility index (Phi) is 6.71. The van der Waals surface area contributed by atoms with Crippen LogP contribution in [0.25, 0.3) is 11.1 Å². The summed E-state index contributed by atoms with van der Waals surface area (Å²) in [6.07, 6.45) is 3.37. The van der Waals surface area contributed by atoms with E-state index >= 15 is 0 Å². The van der Waals surface area contributed by atoms with E-state index in [-0.39, 0.29) is 35.1 Å². The molecule has 2 heterocycles. The topological polar surface area (TPSA) is 148 Å². The third-order valence-electron chi connectivity index (χ3n) is 9.10. The molecule has 3 amide bonds. The van der Waals surface area contributed by atoms with Gasteiger partial charge in [0.2, 0.25) is 17.6 Å². The molecule has 39 heavy (non-hydrogen) atoms. The van der Waals surface area contributed by atoms with Crippen molar-refractivity contribution in [3.8, 4) is 0 Å². The van der Waals surface area contributed by atoms with Crippen molar-refractivity contribution in [1.29, 1.82) is 0 Å². The van der Waals surface area contributed by atoms with Crippen LogP contribution in [-0.4, -0.2) is 58.1 Å². The Bertz CT molecular complexity index is 1270. The van der Waals surface area contributed by atoms with Crippen LogP contribution in [0.15, 0.2) is 28.7 Å². The number of nitrogens with zero attached hydrogens (tertiary/aromatic N) is 2. The lowest BCUT2D eigenvalue weighted by Gasteiger charge is -2.38. The number of ketones is 1.